The molecule has 146 valence electrons. The Balaban J connectivity index is 1.74. The molecular weight excluding hydrogens is 401 g/mol. The number of benzene rings is 2. The summed E-state index contributed by atoms with van der Waals surface area (Å²) < 4.78 is 5.87. The average molecular weight is 426 g/mol. The number of amides is 1. The number of nitrogens with one attached hydrogen (secondary N) is 1. The zero-order valence-electron chi connectivity index (χ0n) is 15.9. The Hall–Kier alpha value is -1.36. The topological polar surface area (TPSA) is 38.3 Å². The first-order valence-corrected chi connectivity index (χ1v) is 10.8. The fraction of sp³-hybridized carbons (Fsp3) is 0.381. The zero-order valence-corrected chi connectivity index (χ0v) is 18.2. The lowest BCUT2D eigenvalue weighted by atomic mass is 10.1. The van der Waals surface area contributed by atoms with Gasteiger partial charge in [-0.15, -0.1) is 0 Å². The highest BCUT2D eigenvalue weighted by Gasteiger charge is 2.18. The smallest absolute Gasteiger partial charge is 0.261 e. The van der Waals surface area contributed by atoms with Gasteiger partial charge in [-0.1, -0.05) is 42.3 Å². The minimum absolute atomic E-state index is 0.0779. The van der Waals surface area contributed by atoms with E-state index in [1.54, 1.807) is 17.8 Å². The molecule has 1 amide bonds. The summed E-state index contributed by atoms with van der Waals surface area (Å²) in [6.07, 6.45) is 0.141. The molecule has 0 heterocycles. The van der Waals surface area contributed by atoms with Crippen molar-refractivity contribution in [2.75, 3.05) is 12.3 Å². The van der Waals surface area contributed by atoms with E-state index in [1.165, 1.54) is 5.56 Å². The molecule has 2 aromatic carbocycles. The van der Waals surface area contributed by atoms with Crippen molar-refractivity contribution in [1.29, 1.82) is 0 Å². The van der Waals surface area contributed by atoms with E-state index >= 15 is 0 Å². The van der Waals surface area contributed by atoms with Crippen LogP contribution in [0, 0.1) is 13.8 Å². The van der Waals surface area contributed by atoms with E-state index in [0.29, 0.717) is 23.0 Å². The van der Waals surface area contributed by atoms with E-state index < -0.39 is 6.10 Å². The molecule has 6 heteroatoms. The van der Waals surface area contributed by atoms with Crippen LogP contribution in [0.2, 0.25) is 10.0 Å². The van der Waals surface area contributed by atoms with Gasteiger partial charge in [0.2, 0.25) is 0 Å². The fourth-order valence-corrected chi connectivity index (χ4v) is 3.58. The molecule has 3 nitrogen and oxygen atoms in total. The Morgan fingerprint density at radius 1 is 1.11 bits per heavy atom. The van der Waals surface area contributed by atoms with Gasteiger partial charge in [0.15, 0.2) is 6.10 Å². The molecule has 0 saturated heterocycles. The largest absolute Gasteiger partial charge is 0.481 e. The Morgan fingerprint density at radius 2 is 1.89 bits per heavy atom. The second-order valence-corrected chi connectivity index (χ2v) is 8.27. The number of ether oxygens (including phenoxy) is 1. The average Bonchev–Trinajstić information content (AvgIpc) is 2.65. The van der Waals surface area contributed by atoms with Crippen molar-refractivity contribution >= 4 is 40.9 Å². The third-order valence-electron chi connectivity index (χ3n) is 4.22. The fourth-order valence-electron chi connectivity index (χ4n) is 2.45. The Labute approximate surface area is 175 Å². The molecule has 2 aromatic rings. The van der Waals surface area contributed by atoms with Gasteiger partial charge in [-0.3, -0.25) is 4.79 Å². The van der Waals surface area contributed by atoms with Gasteiger partial charge in [-0.05, 0) is 61.2 Å². The molecule has 0 aliphatic heterocycles. The molecule has 0 saturated carbocycles. The van der Waals surface area contributed by atoms with Crippen molar-refractivity contribution < 1.29 is 9.53 Å². The van der Waals surface area contributed by atoms with E-state index in [-0.39, 0.29) is 5.91 Å². The predicted octanol–water partition coefficient (Wildman–Crippen LogP) is 5.82. The highest BCUT2D eigenvalue weighted by atomic mass is 35.5. The monoisotopic (exact) mass is 425 g/mol. The number of thioether (sulfide) groups is 1. The van der Waals surface area contributed by atoms with Crippen LogP contribution in [0.1, 0.15) is 30.0 Å². The Morgan fingerprint density at radius 3 is 2.56 bits per heavy atom. The van der Waals surface area contributed by atoms with Gasteiger partial charge in [0.05, 0.1) is 10.0 Å². The molecule has 27 heavy (non-hydrogen) atoms. The number of halogens is 2. The van der Waals surface area contributed by atoms with Crippen LogP contribution >= 0.6 is 35.0 Å². The van der Waals surface area contributed by atoms with Crippen LogP contribution in [-0.2, 0) is 10.5 Å². The van der Waals surface area contributed by atoms with Crippen molar-refractivity contribution in [3.05, 3.63) is 63.1 Å². The van der Waals surface area contributed by atoms with E-state index in [1.807, 2.05) is 44.2 Å². The normalized spacial score (nSPS) is 11.9. The molecule has 0 spiro atoms. The van der Waals surface area contributed by atoms with Gasteiger partial charge >= 0.3 is 0 Å². The third kappa shape index (κ3) is 6.95. The summed E-state index contributed by atoms with van der Waals surface area (Å²) in [6.45, 7) is 6.63. The van der Waals surface area contributed by atoms with Gasteiger partial charge in [0.1, 0.15) is 5.75 Å². The van der Waals surface area contributed by atoms with E-state index in [9.17, 15) is 4.79 Å². The molecular formula is C21H25Cl2NO2S. The summed E-state index contributed by atoms with van der Waals surface area (Å²) in [7, 11) is 0. The van der Waals surface area contributed by atoms with Crippen LogP contribution in [0.3, 0.4) is 0 Å². The van der Waals surface area contributed by atoms with Crippen molar-refractivity contribution in [1.82, 2.24) is 5.32 Å². The molecule has 0 aliphatic rings. The van der Waals surface area contributed by atoms with Gasteiger partial charge in [-0.2, -0.15) is 11.8 Å². The summed E-state index contributed by atoms with van der Waals surface area (Å²) in [4.78, 5) is 12.4. The molecule has 0 unspecified atom stereocenters. The van der Waals surface area contributed by atoms with Gasteiger partial charge < -0.3 is 10.1 Å². The first kappa shape index (κ1) is 21.9. The molecule has 0 bridgehead atoms. The first-order valence-electron chi connectivity index (χ1n) is 8.94. The van der Waals surface area contributed by atoms with Crippen LogP contribution in [0.4, 0.5) is 0 Å². The van der Waals surface area contributed by atoms with Crippen LogP contribution in [0.15, 0.2) is 36.4 Å². The van der Waals surface area contributed by atoms with Crippen molar-refractivity contribution in [2.45, 2.75) is 39.0 Å². The first-order chi connectivity index (χ1) is 12.9. The highest BCUT2D eigenvalue weighted by Crippen LogP contribution is 2.24. The van der Waals surface area contributed by atoms with Gasteiger partial charge in [0, 0.05) is 18.1 Å². The van der Waals surface area contributed by atoms with Gasteiger partial charge in [0.25, 0.3) is 5.91 Å². The maximum absolute atomic E-state index is 12.4. The lowest BCUT2D eigenvalue weighted by Gasteiger charge is -2.18. The molecule has 1 atom stereocenters. The second kappa shape index (κ2) is 10.8. The highest BCUT2D eigenvalue weighted by molar-refractivity contribution is 7.98. The van der Waals surface area contributed by atoms with Gasteiger partial charge in [-0.25, -0.2) is 0 Å². The molecule has 2 rings (SSSR count). The van der Waals surface area contributed by atoms with E-state index in [0.717, 1.165) is 28.4 Å². The van der Waals surface area contributed by atoms with Crippen molar-refractivity contribution in [2.24, 2.45) is 0 Å². The van der Waals surface area contributed by atoms with Crippen LogP contribution in [-0.4, -0.2) is 24.3 Å². The van der Waals surface area contributed by atoms with Crippen molar-refractivity contribution in [3.63, 3.8) is 0 Å². The second-order valence-electron chi connectivity index (χ2n) is 6.35. The number of hydrogen-bond acceptors (Lipinski definition) is 3. The molecule has 1 N–H and O–H groups in total. The van der Waals surface area contributed by atoms with Crippen molar-refractivity contribution in [3.8, 4) is 5.75 Å². The Kier molecular flexibility index (Phi) is 8.81. The summed E-state index contributed by atoms with van der Waals surface area (Å²) in [5.74, 6) is 2.29. The number of hydrogen-bond donors (Lipinski definition) is 1. The van der Waals surface area contributed by atoms with Crippen LogP contribution < -0.4 is 10.1 Å². The summed E-state index contributed by atoms with van der Waals surface area (Å²) in [5, 5.41) is 4.08. The number of aryl methyl sites for hydroxylation is 2. The lowest BCUT2D eigenvalue weighted by Crippen LogP contribution is -2.39. The quantitative estimate of drug-likeness (QED) is 0.514. The lowest BCUT2D eigenvalue weighted by molar-refractivity contribution is -0.127. The molecule has 0 fully saturated rings. The number of rotatable bonds is 9. The molecule has 0 aromatic heterocycles. The van der Waals surface area contributed by atoms with E-state index in [2.05, 4.69) is 12.2 Å². The van der Waals surface area contributed by atoms with Crippen LogP contribution in [0.25, 0.3) is 0 Å². The molecule has 0 aliphatic carbocycles. The zero-order chi connectivity index (χ0) is 19.8. The number of carbonyl (C=O) groups is 1. The third-order valence-corrected chi connectivity index (χ3v) is 5.99. The van der Waals surface area contributed by atoms with Crippen LogP contribution in [0.5, 0.6) is 5.75 Å². The van der Waals surface area contributed by atoms with E-state index in [4.69, 9.17) is 27.9 Å². The molecule has 0 radical (unpaired) electrons. The summed E-state index contributed by atoms with van der Waals surface area (Å²) in [5.41, 5.74) is 3.48. The predicted molar refractivity (Wildman–Crippen MR) is 116 cm³/mol. The maximum Gasteiger partial charge on any atom is 0.261 e. The SMILES string of the molecule is CC[C@@H](Oc1ccc(C)c(C)c1)C(=O)NCCSCc1ccc(Cl)c(Cl)c1. The minimum atomic E-state index is -0.479. The number of carbonyl (C=O) groups excluding carboxylic acids is 1. The summed E-state index contributed by atoms with van der Waals surface area (Å²) in [6, 6.07) is 11.5. The minimum Gasteiger partial charge on any atom is -0.481 e. The maximum atomic E-state index is 12.4. The summed E-state index contributed by atoms with van der Waals surface area (Å²) >= 11 is 13.7. The Bertz CT molecular complexity index is 783. The standard InChI is InChI=1S/C21H25Cl2NO2S/c1-4-20(26-17-7-5-14(2)15(3)11-17)21(25)24-9-10-27-13-16-6-8-18(22)19(23)12-16/h5-8,11-12,20H,4,9-10,13H2,1-3H3,(H,24,25)/t20-/m1/s1.